The first kappa shape index (κ1) is 33.9. The number of aliphatic hydroxyl groups is 2. The number of carbonyl (C=O) groups excluding carboxylic acids is 2. The molecule has 1 saturated carbocycles. The van der Waals surface area contributed by atoms with Gasteiger partial charge in [-0.25, -0.2) is 4.79 Å². The molecule has 1 aliphatic carbocycles. The van der Waals surface area contributed by atoms with E-state index in [1.165, 1.54) is 0 Å². The van der Waals surface area contributed by atoms with E-state index >= 15 is 0 Å². The van der Waals surface area contributed by atoms with Crippen LogP contribution >= 0.6 is 0 Å². The summed E-state index contributed by atoms with van der Waals surface area (Å²) in [5.41, 5.74) is 0.673. The molecule has 0 radical (unpaired) electrons. The molecular weight excluding hydrogens is 548 g/mol. The summed E-state index contributed by atoms with van der Waals surface area (Å²) in [7, 11) is 1.73. The average Bonchev–Trinajstić information content (AvgIpc) is 3.55. The third-order valence-corrected chi connectivity index (χ3v) is 10.7. The quantitative estimate of drug-likeness (QED) is 0.107. The second kappa shape index (κ2) is 14.9. The van der Waals surface area contributed by atoms with Crippen LogP contribution in [0, 0.1) is 41.4 Å². The van der Waals surface area contributed by atoms with E-state index in [1.54, 1.807) is 7.11 Å². The largest absolute Gasteiger partial charge is 0.511 e. The van der Waals surface area contributed by atoms with Crippen LogP contribution in [0.15, 0.2) is 35.1 Å². The van der Waals surface area contributed by atoms with Gasteiger partial charge in [-0.1, -0.05) is 65.7 Å². The van der Waals surface area contributed by atoms with Crippen molar-refractivity contribution in [3.8, 4) is 0 Å². The van der Waals surface area contributed by atoms with Crippen LogP contribution < -0.4 is 0 Å². The van der Waals surface area contributed by atoms with Crippen LogP contribution in [0.4, 0.5) is 0 Å². The van der Waals surface area contributed by atoms with Crippen molar-refractivity contribution in [2.24, 2.45) is 41.4 Å². The fraction of sp³-hybridized carbons (Fsp3) is 0.771. The molecule has 1 unspecified atom stereocenters. The SMILES string of the molecule is COC(C)[C@H]1C[C@H](C)[C@H]([C@@H](C)/C=C/[C@@H]2CC[C@@H](C)[C@H](/C(=C/[C@H]3CCC[C@@H](C)[C@@H]3[C@H](C)C(O)=C3C(=O)COC3=O)CO)O2)O1. The van der Waals surface area contributed by atoms with Gasteiger partial charge in [0.1, 0.15) is 11.3 Å². The Morgan fingerprint density at radius 1 is 1.02 bits per heavy atom. The molecule has 242 valence electrons. The number of hydrogen-bond donors (Lipinski definition) is 2. The van der Waals surface area contributed by atoms with Gasteiger partial charge in [-0.05, 0) is 67.8 Å². The lowest BCUT2D eigenvalue weighted by atomic mass is 9.66. The number of allylic oxidation sites excluding steroid dienone is 2. The van der Waals surface area contributed by atoms with E-state index in [2.05, 4.69) is 52.8 Å². The van der Waals surface area contributed by atoms with Gasteiger partial charge in [0.2, 0.25) is 5.78 Å². The number of aliphatic hydroxyl groups excluding tert-OH is 2. The van der Waals surface area contributed by atoms with E-state index in [9.17, 15) is 19.8 Å². The lowest BCUT2D eigenvalue weighted by Crippen LogP contribution is -2.37. The van der Waals surface area contributed by atoms with E-state index in [-0.39, 0.29) is 84.7 Å². The minimum atomic E-state index is -0.739. The Morgan fingerprint density at radius 3 is 2.42 bits per heavy atom. The summed E-state index contributed by atoms with van der Waals surface area (Å²) in [6, 6.07) is 0. The Labute approximate surface area is 257 Å². The standard InChI is InChI=1S/C35H54O8/c1-19-9-8-10-25(30(19)23(5)32(38)31-28(37)18-41-35(31)39)16-26(17-36)34-21(3)12-14-27(42-34)13-11-20(2)33-22(4)15-29(43-33)24(6)40-7/h11,13,16,19-25,27,29-30,33-34,36,38H,8-10,12,14-15,17-18H2,1-7H3/b13-11+,26-16+,32-31?/t19-,20+,21-,22+,23+,24?,25-,27-,29-,30-,33+,34-/m1/s1. The summed E-state index contributed by atoms with van der Waals surface area (Å²) < 4.78 is 23.4. The van der Waals surface area contributed by atoms with Crippen molar-refractivity contribution in [2.45, 2.75) is 111 Å². The molecule has 0 bridgehead atoms. The fourth-order valence-corrected chi connectivity index (χ4v) is 8.06. The highest BCUT2D eigenvalue weighted by atomic mass is 16.6. The maximum absolute atomic E-state index is 12.3. The Kier molecular flexibility index (Phi) is 11.7. The number of ketones is 1. The van der Waals surface area contributed by atoms with Crippen molar-refractivity contribution >= 4 is 11.8 Å². The molecule has 4 aliphatic rings. The number of rotatable bonds is 10. The molecule has 0 aromatic carbocycles. The lowest BCUT2D eigenvalue weighted by molar-refractivity contribution is -0.135. The molecule has 4 fully saturated rings. The average molecular weight is 603 g/mol. The fourth-order valence-electron chi connectivity index (χ4n) is 8.06. The summed E-state index contributed by atoms with van der Waals surface area (Å²) in [6.07, 6.45) is 12.5. The van der Waals surface area contributed by atoms with Gasteiger partial charge in [-0.2, -0.15) is 0 Å². The first-order chi connectivity index (χ1) is 20.5. The zero-order valence-corrected chi connectivity index (χ0v) is 27.2. The maximum atomic E-state index is 12.3. The zero-order valence-electron chi connectivity index (χ0n) is 27.2. The first-order valence-corrected chi connectivity index (χ1v) is 16.4. The Hall–Kier alpha value is -2.00. The molecule has 4 rings (SSSR count). The van der Waals surface area contributed by atoms with Crippen molar-refractivity contribution in [3.05, 3.63) is 35.1 Å². The van der Waals surface area contributed by atoms with Crippen molar-refractivity contribution in [3.63, 3.8) is 0 Å². The minimum absolute atomic E-state index is 0.0116. The normalized spacial score (nSPS) is 39.2. The predicted molar refractivity (Wildman–Crippen MR) is 164 cm³/mol. The van der Waals surface area contributed by atoms with Crippen LogP contribution in [-0.2, 0) is 28.5 Å². The molecule has 8 nitrogen and oxygen atoms in total. The van der Waals surface area contributed by atoms with Crippen LogP contribution in [0.5, 0.6) is 0 Å². The van der Waals surface area contributed by atoms with Crippen molar-refractivity contribution in [1.29, 1.82) is 0 Å². The molecule has 8 heteroatoms. The van der Waals surface area contributed by atoms with Crippen molar-refractivity contribution in [1.82, 2.24) is 0 Å². The number of Topliss-reactive ketones (excluding diaryl/α,β-unsaturated/α-hetero) is 1. The number of ether oxygens (including phenoxy) is 4. The van der Waals surface area contributed by atoms with Crippen molar-refractivity contribution < 1.29 is 38.7 Å². The van der Waals surface area contributed by atoms with E-state index in [0.29, 0.717) is 5.92 Å². The van der Waals surface area contributed by atoms with Gasteiger partial charge in [0.05, 0.1) is 37.1 Å². The smallest absolute Gasteiger partial charge is 0.345 e. The number of methoxy groups -OCH3 is 1. The highest BCUT2D eigenvalue weighted by molar-refractivity contribution is 6.22. The van der Waals surface area contributed by atoms with Crippen LogP contribution in [0.3, 0.4) is 0 Å². The monoisotopic (exact) mass is 602 g/mol. The van der Waals surface area contributed by atoms with Gasteiger partial charge in [0.15, 0.2) is 6.61 Å². The third kappa shape index (κ3) is 7.63. The molecule has 12 atom stereocenters. The molecule has 0 aromatic heterocycles. The van der Waals surface area contributed by atoms with Crippen LogP contribution in [0.25, 0.3) is 0 Å². The Morgan fingerprint density at radius 2 is 1.77 bits per heavy atom. The van der Waals surface area contributed by atoms with Gasteiger partial charge < -0.3 is 29.2 Å². The van der Waals surface area contributed by atoms with Gasteiger partial charge in [0.25, 0.3) is 0 Å². The summed E-state index contributed by atoms with van der Waals surface area (Å²) in [4.78, 5) is 24.4. The molecule has 0 spiro atoms. The van der Waals surface area contributed by atoms with Gasteiger partial charge in [0, 0.05) is 18.9 Å². The zero-order chi connectivity index (χ0) is 31.4. The van der Waals surface area contributed by atoms with Gasteiger partial charge >= 0.3 is 5.97 Å². The number of esters is 1. The predicted octanol–water partition coefficient (Wildman–Crippen LogP) is 5.74. The number of cyclic esters (lactones) is 1. The molecule has 0 aromatic rings. The minimum Gasteiger partial charge on any atom is -0.511 e. The van der Waals surface area contributed by atoms with Crippen LogP contribution in [-0.4, -0.2) is 72.8 Å². The second-order valence-corrected chi connectivity index (χ2v) is 13.8. The number of hydrogen-bond acceptors (Lipinski definition) is 8. The highest BCUT2D eigenvalue weighted by Gasteiger charge is 2.41. The van der Waals surface area contributed by atoms with E-state index in [1.807, 2.05) is 6.92 Å². The molecule has 3 aliphatic heterocycles. The van der Waals surface area contributed by atoms with Crippen LogP contribution in [0.1, 0.15) is 80.1 Å². The Bertz CT molecular complexity index is 1060. The summed E-state index contributed by atoms with van der Waals surface area (Å²) in [5.74, 6) is -0.447. The Balaban J connectivity index is 1.48. The van der Waals surface area contributed by atoms with Crippen molar-refractivity contribution in [2.75, 3.05) is 20.3 Å². The van der Waals surface area contributed by atoms with E-state index in [0.717, 1.165) is 44.1 Å². The third-order valence-electron chi connectivity index (χ3n) is 10.7. The summed E-state index contributed by atoms with van der Waals surface area (Å²) in [6.45, 7) is 12.3. The van der Waals surface area contributed by atoms with Gasteiger partial charge in [-0.3, -0.25) is 4.79 Å². The molecular formula is C35H54O8. The maximum Gasteiger partial charge on any atom is 0.345 e. The highest BCUT2D eigenvalue weighted by Crippen LogP contribution is 2.44. The summed E-state index contributed by atoms with van der Waals surface area (Å²) >= 11 is 0. The van der Waals surface area contributed by atoms with Crippen LogP contribution in [0.2, 0.25) is 0 Å². The second-order valence-electron chi connectivity index (χ2n) is 13.8. The molecule has 2 N–H and O–H groups in total. The number of carbonyl (C=O) groups is 2. The first-order valence-electron chi connectivity index (χ1n) is 16.4. The van der Waals surface area contributed by atoms with E-state index in [4.69, 9.17) is 18.9 Å². The topological polar surface area (TPSA) is 112 Å². The lowest BCUT2D eigenvalue weighted by Gasteiger charge is -2.41. The molecule has 3 heterocycles. The van der Waals surface area contributed by atoms with E-state index < -0.39 is 17.7 Å². The summed E-state index contributed by atoms with van der Waals surface area (Å²) in [5, 5.41) is 21.6. The molecule has 3 saturated heterocycles. The molecule has 0 amide bonds. The van der Waals surface area contributed by atoms with Gasteiger partial charge in [-0.15, -0.1) is 0 Å². The molecule has 43 heavy (non-hydrogen) atoms.